The van der Waals surface area contributed by atoms with E-state index in [1.807, 2.05) is 0 Å². The minimum atomic E-state index is 0.133. The van der Waals surface area contributed by atoms with E-state index < -0.39 is 0 Å². The van der Waals surface area contributed by atoms with Crippen molar-refractivity contribution in [3.05, 3.63) is 0 Å². The smallest absolute Gasteiger partial charge is 0.0275 e. The summed E-state index contributed by atoms with van der Waals surface area (Å²) in [5.74, 6) is 0. The zero-order valence-corrected chi connectivity index (χ0v) is 7.57. The van der Waals surface area contributed by atoms with E-state index in [0.717, 1.165) is 6.42 Å². The van der Waals surface area contributed by atoms with Crippen LogP contribution in [0.1, 0.15) is 34.1 Å². The molecule has 0 aliphatic rings. The van der Waals surface area contributed by atoms with Gasteiger partial charge >= 0.3 is 0 Å². The number of nitrogens with one attached hydrogen (secondary N) is 1. The monoisotopic (exact) mass is 144 g/mol. The van der Waals surface area contributed by atoms with Gasteiger partial charge in [-0.3, -0.25) is 0 Å². The molecule has 1 unspecified atom stereocenters. The van der Waals surface area contributed by atoms with Gasteiger partial charge < -0.3 is 11.1 Å². The summed E-state index contributed by atoms with van der Waals surface area (Å²) in [4.78, 5) is 0. The molecular weight excluding hydrogens is 124 g/mol. The molecule has 0 amide bonds. The molecule has 62 valence electrons. The van der Waals surface area contributed by atoms with Crippen LogP contribution in [0.15, 0.2) is 0 Å². The first-order valence-electron chi connectivity index (χ1n) is 4.02. The summed E-state index contributed by atoms with van der Waals surface area (Å²) in [6, 6.07) is 0.522. The van der Waals surface area contributed by atoms with Gasteiger partial charge in [0.15, 0.2) is 0 Å². The first-order chi connectivity index (χ1) is 4.54. The van der Waals surface area contributed by atoms with E-state index in [9.17, 15) is 0 Å². The van der Waals surface area contributed by atoms with Crippen LogP contribution in [0.25, 0.3) is 0 Å². The van der Waals surface area contributed by atoms with Gasteiger partial charge in [-0.1, -0.05) is 20.8 Å². The van der Waals surface area contributed by atoms with Crippen molar-refractivity contribution in [3.8, 4) is 0 Å². The van der Waals surface area contributed by atoms with Crippen molar-refractivity contribution in [2.75, 3.05) is 6.54 Å². The fourth-order valence-corrected chi connectivity index (χ4v) is 1.00. The Bertz CT molecular complexity index is 85.3. The zero-order valence-electron chi connectivity index (χ0n) is 7.57. The number of rotatable bonds is 4. The maximum absolute atomic E-state index is 5.60. The van der Waals surface area contributed by atoms with Crippen molar-refractivity contribution in [1.82, 2.24) is 5.32 Å². The Morgan fingerprint density at radius 2 is 2.00 bits per heavy atom. The molecule has 2 heteroatoms. The Morgan fingerprint density at radius 1 is 1.50 bits per heavy atom. The lowest BCUT2D eigenvalue weighted by Crippen LogP contribution is -2.50. The fraction of sp³-hybridized carbons (Fsp3) is 1.00. The molecule has 10 heavy (non-hydrogen) atoms. The standard InChI is InChI=1S/C8H20N2/c1-5-8(4,6-9)10-7(2)3/h7,10H,5-6,9H2,1-4H3. The molecule has 0 aromatic carbocycles. The lowest BCUT2D eigenvalue weighted by molar-refractivity contribution is 0.324. The van der Waals surface area contributed by atoms with Gasteiger partial charge in [-0.2, -0.15) is 0 Å². The molecule has 0 aliphatic carbocycles. The lowest BCUT2D eigenvalue weighted by Gasteiger charge is -2.30. The Kier molecular flexibility index (Phi) is 3.91. The van der Waals surface area contributed by atoms with Gasteiger partial charge in [0.25, 0.3) is 0 Å². The van der Waals surface area contributed by atoms with Crippen LogP contribution in [0.3, 0.4) is 0 Å². The minimum absolute atomic E-state index is 0.133. The lowest BCUT2D eigenvalue weighted by atomic mass is 9.98. The molecule has 1 atom stereocenters. The van der Waals surface area contributed by atoms with E-state index >= 15 is 0 Å². The summed E-state index contributed by atoms with van der Waals surface area (Å²) in [6.45, 7) is 9.31. The molecule has 0 fully saturated rings. The van der Waals surface area contributed by atoms with Gasteiger partial charge in [0.05, 0.1) is 0 Å². The molecule has 0 aliphatic heterocycles. The molecule has 2 nitrogen and oxygen atoms in total. The third-order valence-corrected chi connectivity index (χ3v) is 1.87. The quantitative estimate of drug-likeness (QED) is 0.620. The average Bonchev–Trinajstić information content (AvgIpc) is 1.87. The van der Waals surface area contributed by atoms with E-state index in [1.54, 1.807) is 0 Å². The van der Waals surface area contributed by atoms with E-state index in [1.165, 1.54) is 0 Å². The predicted octanol–water partition coefficient (Wildman–Crippen LogP) is 1.11. The average molecular weight is 144 g/mol. The second kappa shape index (κ2) is 3.94. The van der Waals surface area contributed by atoms with Gasteiger partial charge in [0, 0.05) is 18.1 Å². The summed E-state index contributed by atoms with van der Waals surface area (Å²) in [5, 5.41) is 3.43. The summed E-state index contributed by atoms with van der Waals surface area (Å²) in [6.07, 6.45) is 1.08. The molecule has 0 rings (SSSR count). The van der Waals surface area contributed by atoms with Crippen LogP contribution in [0.5, 0.6) is 0 Å². The van der Waals surface area contributed by atoms with Crippen LogP contribution in [0, 0.1) is 0 Å². The van der Waals surface area contributed by atoms with Crippen molar-refractivity contribution in [1.29, 1.82) is 0 Å². The summed E-state index contributed by atoms with van der Waals surface area (Å²) in [5.41, 5.74) is 5.74. The normalized spacial score (nSPS) is 17.4. The van der Waals surface area contributed by atoms with Gasteiger partial charge in [-0.25, -0.2) is 0 Å². The molecule has 0 bridgehead atoms. The third kappa shape index (κ3) is 3.18. The Balaban J connectivity index is 3.80. The molecule has 0 saturated heterocycles. The van der Waals surface area contributed by atoms with E-state index in [2.05, 4.69) is 33.0 Å². The van der Waals surface area contributed by atoms with Crippen LogP contribution >= 0.6 is 0 Å². The van der Waals surface area contributed by atoms with Crippen LogP contribution in [-0.4, -0.2) is 18.1 Å². The largest absolute Gasteiger partial charge is 0.329 e. The predicted molar refractivity (Wildman–Crippen MR) is 46.0 cm³/mol. The van der Waals surface area contributed by atoms with E-state index in [4.69, 9.17) is 5.73 Å². The first-order valence-corrected chi connectivity index (χ1v) is 4.02. The molecule has 0 aromatic rings. The number of hydrogen-bond donors (Lipinski definition) is 2. The second-order valence-electron chi connectivity index (χ2n) is 3.42. The Morgan fingerprint density at radius 3 is 2.10 bits per heavy atom. The molecule has 0 heterocycles. The van der Waals surface area contributed by atoms with Gasteiger partial charge in [0.1, 0.15) is 0 Å². The van der Waals surface area contributed by atoms with E-state index in [-0.39, 0.29) is 5.54 Å². The van der Waals surface area contributed by atoms with Gasteiger partial charge in [-0.15, -0.1) is 0 Å². The van der Waals surface area contributed by atoms with Gasteiger partial charge in [0.2, 0.25) is 0 Å². The van der Waals surface area contributed by atoms with Crippen LogP contribution in [0.2, 0.25) is 0 Å². The second-order valence-corrected chi connectivity index (χ2v) is 3.42. The first kappa shape index (κ1) is 9.92. The summed E-state index contributed by atoms with van der Waals surface area (Å²) < 4.78 is 0. The number of hydrogen-bond acceptors (Lipinski definition) is 2. The third-order valence-electron chi connectivity index (χ3n) is 1.87. The zero-order chi connectivity index (χ0) is 8.20. The highest BCUT2D eigenvalue weighted by molar-refractivity contribution is 4.83. The maximum Gasteiger partial charge on any atom is 0.0275 e. The Labute approximate surface area is 64.2 Å². The molecule has 0 radical (unpaired) electrons. The molecule has 0 aromatic heterocycles. The van der Waals surface area contributed by atoms with Crippen LogP contribution in [-0.2, 0) is 0 Å². The highest BCUT2D eigenvalue weighted by Crippen LogP contribution is 2.07. The highest BCUT2D eigenvalue weighted by Gasteiger charge is 2.19. The van der Waals surface area contributed by atoms with Crippen molar-refractivity contribution in [2.45, 2.75) is 45.7 Å². The van der Waals surface area contributed by atoms with Crippen molar-refractivity contribution >= 4 is 0 Å². The van der Waals surface area contributed by atoms with Crippen molar-refractivity contribution < 1.29 is 0 Å². The minimum Gasteiger partial charge on any atom is -0.329 e. The SMILES string of the molecule is CCC(C)(CN)NC(C)C. The van der Waals surface area contributed by atoms with Crippen molar-refractivity contribution in [2.24, 2.45) is 5.73 Å². The van der Waals surface area contributed by atoms with Crippen molar-refractivity contribution in [3.63, 3.8) is 0 Å². The molecule has 0 saturated carbocycles. The highest BCUT2D eigenvalue weighted by atomic mass is 15.0. The number of nitrogens with two attached hydrogens (primary N) is 1. The van der Waals surface area contributed by atoms with E-state index in [0.29, 0.717) is 12.6 Å². The molecule has 3 N–H and O–H groups in total. The fourth-order valence-electron chi connectivity index (χ4n) is 1.00. The topological polar surface area (TPSA) is 38.0 Å². The van der Waals surface area contributed by atoms with Gasteiger partial charge in [-0.05, 0) is 13.3 Å². The van der Waals surface area contributed by atoms with Crippen LogP contribution in [0.4, 0.5) is 0 Å². The summed E-state index contributed by atoms with van der Waals surface area (Å²) >= 11 is 0. The molecule has 0 spiro atoms. The molecular formula is C8H20N2. The Hall–Kier alpha value is -0.0800. The van der Waals surface area contributed by atoms with Crippen LogP contribution < -0.4 is 11.1 Å². The summed E-state index contributed by atoms with van der Waals surface area (Å²) in [7, 11) is 0. The maximum atomic E-state index is 5.60.